The van der Waals surface area contributed by atoms with Gasteiger partial charge in [-0.3, -0.25) is 0 Å². The lowest BCUT2D eigenvalue weighted by Crippen LogP contribution is -2.15. The highest BCUT2D eigenvalue weighted by molar-refractivity contribution is 6.30. The van der Waals surface area contributed by atoms with Gasteiger partial charge in [0.05, 0.1) is 6.61 Å². The maximum Gasteiger partial charge on any atom is 0.344 e. The van der Waals surface area contributed by atoms with E-state index in [2.05, 4.69) is 6.92 Å². The van der Waals surface area contributed by atoms with Gasteiger partial charge in [0.15, 0.2) is 6.61 Å². The van der Waals surface area contributed by atoms with Gasteiger partial charge in [-0.2, -0.15) is 0 Å². The lowest BCUT2D eigenvalue weighted by molar-refractivity contribution is -0.146. The van der Waals surface area contributed by atoms with E-state index in [-0.39, 0.29) is 12.6 Å². The number of esters is 1. The van der Waals surface area contributed by atoms with Crippen LogP contribution in [0.25, 0.3) is 0 Å². The van der Waals surface area contributed by atoms with Gasteiger partial charge in [-0.25, -0.2) is 4.79 Å². The second-order valence-electron chi connectivity index (χ2n) is 8.27. The summed E-state index contributed by atoms with van der Waals surface area (Å²) < 4.78 is 10.6. The molecule has 0 aliphatic rings. The van der Waals surface area contributed by atoms with E-state index in [9.17, 15) is 4.79 Å². The van der Waals surface area contributed by atoms with E-state index in [4.69, 9.17) is 21.1 Å². The minimum absolute atomic E-state index is 0.0551. The van der Waals surface area contributed by atoms with Gasteiger partial charge in [0.1, 0.15) is 5.75 Å². The third-order valence-corrected chi connectivity index (χ3v) is 5.68. The zero-order chi connectivity index (χ0) is 21.7. The quantitative estimate of drug-likeness (QED) is 0.151. The number of unbranched alkanes of at least 4 members (excludes halogenated alkanes) is 15. The van der Waals surface area contributed by atoms with Crippen LogP contribution in [-0.2, 0) is 9.53 Å². The molecule has 0 spiro atoms. The highest BCUT2D eigenvalue weighted by Gasteiger charge is 2.04. The van der Waals surface area contributed by atoms with Crippen LogP contribution in [0.1, 0.15) is 110 Å². The zero-order valence-electron chi connectivity index (χ0n) is 19.1. The number of ether oxygens (including phenoxy) is 2. The third kappa shape index (κ3) is 16.6. The molecule has 0 unspecified atom stereocenters. The van der Waals surface area contributed by atoms with Gasteiger partial charge in [-0.1, -0.05) is 115 Å². The summed E-state index contributed by atoms with van der Waals surface area (Å²) in [5.74, 6) is 0.310. The van der Waals surface area contributed by atoms with Crippen LogP contribution in [0.15, 0.2) is 24.3 Å². The second-order valence-corrected chi connectivity index (χ2v) is 8.70. The summed E-state index contributed by atoms with van der Waals surface area (Å²) in [7, 11) is 0. The molecule has 0 fully saturated rings. The molecule has 172 valence electrons. The lowest BCUT2D eigenvalue weighted by Gasteiger charge is -2.07. The number of carbonyl (C=O) groups is 1. The predicted octanol–water partition coefficient (Wildman–Crippen LogP) is 8.52. The minimum atomic E-state index is -0.314. The summed E-state index contributed by atoms with van der Waals surface area (Å²) in [6.07, 6.45) is 21.4. The molecule has 0 N–H and O–H groups in total. The Morgan fingerprint density at radius 1 is 0.700 bits per heavy atom. The van der Waals surface area contributed by atoms with Crippen molar-refractivity contribution >= 4 is 17.6 Å². The number of rotatable bonds is 20. The molecule has 1 aromatic rings. The van der Waals surface area contributed by atoms with E-state index in [0.717, 1.165) is 12.8 Å². The van der Waals surface area contributed by atoms with E-state index in [1.807, 2.05) is 0 Å². The van der Waals surface area contributed by atoms with Gasteiger partial charge in [0, 0.05) is 5.02 Å². The minimum Gasteiger partial charge on any atom is -0.482 e. The molecular weight excluding hydrogens is 396 g/mol. The van der Waals surface area contributed by atoms with Gasteiger partial charge >= 0.3 is 5.97 Å². The summed E-state index contributed by atoms with van der Waals surface area (Å²) in [5.41, 5.74) is 0. The van der Waals surface area contributed by atoms with Crippen molar-refractivity contribution in [3.8, 4) is 5.75 Å². The fraction of sp³-hybridized carbons (Fsp3) is 0.731. The number of halogens is 1. The Morgan fingerprint density at radius 3 is 1.60 bits per heavy atom. The normalized spacial score (nSPS) is 10.9. The van der Waals surface area contributed by atoms with E-state index in [1.165, 1.54) is 89.9 Å². The number of hydrogen-bond donors (Lipinski definition) is 0. The van der Waals surface area contributed by atoms with Crippen LogP contribution in [0, 0.1) is 0 Å². The molecule has 0 atom stereocenters. The third-order valence-electron chi connectivity index (χ3n) is 5.43. The molecule has 0 aliphatic carbocycles. The number of hydrogen-bond acceptors (Lipinski definition) is 3. The van der Waals surface area contributed by atoms with Crippen molar-refractivity contribution in [2.75, 3.05) is 13.2 Å². The molecule has 30 heavy (non-hydrogen) atoms. The maximum atomic E-state index is 11.7. The number of benzene rings is 1. The Kier molecular flexibility index (Phi) is 17.6. The molecule has 0 aliphatic heterocycles. The maximum absolute atomic E-state index is 11.7. The van der Waals surface area contributed by atoms with E-state index >= 15 is 0 Å². The van der Waals surface area contributed by atoms with Crippen LogP contribution in [0.5, 0.6) is 5.75 Å². The fourth-order valence-electron chi connectivity index (χ4n) is 3.55. The van der Waals surface area contributed by atoms with Gasteiger partial charge in [0.2, 0.25) is 0 Å². The molecule has 1 rings (SSSR count). The summed E-state index contributed by atoms with van der Waals surface area (Å²) in [6.45, 7) is 2.71. The SMILES string of the molecule is CCCCCCCCCCCCCCCCCCOC(=O)COc1ccc(Cl)cc1. The standard InChI is InChI=1S/C26H43ClO3/c1-2-3-4-5-6-7-8-9-10-11-12-13-14-15-16-17-22-29-26(28)23-30-25-20-18-24(27)19-21-25/h18-21H,2-17,22-23H2,1H3. The predicted molar refractivity (Wildman–Crippen MR) is 127 cm³/mol. The molecule has 0 radical (unpaired) electrons. The fourth-order valence-corrected chi connectivity index (χ4v) is 3.68. The molecule has 0 heterocycles. The molecule has 0 saturated heterocycles. The molecule has 4 heteroatoms. The van der Waals surface area contributed by atoms with Crippen LogP contribution >= 0.6 is 11.6 Å². The first-order valence-electron chi connectivity index (χ1n) is 12.3. The smallest absolute Gasteiger partial charge is 0.344 e. The van der Waals surface area contributed by atoms with Crippen LogP contribution < -0.4 is 4.74 Å². The summed E-state index contributed by atoms with van der Waals surface area (Å²) in [6, 6.07) is 6.95. The van der Waals surface area contributed by atoms with Gasteiger partial charge < -0.3 is 9.47 Å². The van der Waals surface area contributed by atoms with Crippen molar-refractivity contribution in [3.63, 3.8) is 0 Å². The highest BCUT2D eigenvalue weighted by atomic mass is 35.5. The first-order valence-corrected chi connectivity index (χ1v) is 12.6. The van der Waals surface area contributed by atoms with E-state index in [1.54, 1.807) is 24.3 Å². The summed E-state index contributed by atoms with van der Waals surface area (Å²) in [4.78, 5) is 11.7. The Bertz CT molecular complexity index is 516. The van der Waals surface area contributed by atoms with Crippen LogP contribution in [0.2, 0.25) is 5.02 Å². The van der Waals surface area contributed by atoms with Crippen LogP contribution in [0.4, 0.5) is 0 Å². The zero-order valence-corrected chi connectivity index (χ0v) is 19.9. The van der Waals surface area contributed by atoms with Gasteiger partial charge in [-0.05, 0) is 30.7 Å². The number of carbonyl (C=O) groups excluding carboxylic acids is 1. The van der Waals surface area contributed by atoms with Crippen LogP contribution in [0.3, 0.4) is 0 Å². The van der Waals surface area contributed by atoms with Crippen molar-refractivity contribution in [1.82, 2.24) is 0 Å². The molecule has 0 saturated carbocycles. The summed E-state index contributed by atoms with van der Waals surface area (Å²) in [5, 5.41) is 0.647. The molecule has 0 bridgehead atoms. The van der Waals surface area contributed by atoms with Crippen molar-refractivity contribution < 1.29 is 14.3 Å². The monoisotopic (exact) mass is 438 g/mol. The van der Waals surface area contributed by atoms with Gasteiger partial charge in [-0.15, -0.1) is 0 Å². The van der Waals surface area contributed by atoms with Crippen molar-refractivity contribution in [1.29, 1.82) is 0 Å². The van der Waals surface area contributed by atoms with Crippen molar-refractivity contribution in [3.05, 3.63) is 29.3 Å². The van der Waals surface area contributed by atoms with E-state index < -0.39 is 0 Å². The first-order chi connectivity index (χ1) is 14.7. The Hall–Kier alpha value is -1.22. The Balaban J connectivity index is 1.77. The summed E-state index contributed by atoms with van der Waals surface area (Å²) >= 11 is 5.81. The van der Waals surface area contributed by atoms with Gasteiger partial charge in [0.25, 0.3) is 0 Å². The lowest BCUT2D eigenvalue weighted by atomic mass is 10.0. The molecular formula is C26H43ClO3. The Labute approximate surface area is 189 Å². The average Bonchev–Trinajstić information content (AvgIpc) is 2.75. The first kappa shape index (κ1) is 26.8. The van der Waals surface area contributed by atoms with E-state index in [0.29, 0.717) is 17.4 Å². The van der Waals surface area contributed by atoms with Crippen molar-refractivity contribution in [2.24, 2.45) is 0 Å². The molecule has 0 amide bonds. The average molecular weight is 439 g/mol. The molecule has 3 nitrogen and oxygen atoms in total. The molecule has 1 aromatic carbocycles. The molecule has 0 aromatic heterocycles. The Morgan fingerprint density at radius 2 is 1.13 bits per heavy atom. The highest BCUT2D eigenvalue weighted by Crippen LogP contribution is 2.16. The topological polar surface area (TPSA) is 35.5 Å². The van der Waals surface area contributed by atoms with Crippen LogP contribution in [-0.4, -0.2) is 19.2 Å². The van der Waals surface area contributed by atoms with Crippen molar-refractivity contribution in [2.45, 2.75) is 110 Å². The largest absolute Gasteiger partial charge is 0.482 e. The second kappa shape index (κ2) is 19.7.